The number of hydrogen-bond donors (Lipinski definition) is 0. The second-order valence-corrected chi connectivity index (χ2v) is 4.14. The minimum Gasteiger partial charge on any atom is -0.308 e. The molecule has 0 saturated carbocycles. The van der Waals surface area contributed by atoms with E-state index in [0.29, 0.717) is 6.54 Å². The summed E-state index contributed by atoms with van der Waals surface area (Å²) in [5.74, 6) is -0.0644. The molecule has 1 aliphatic rings. The van der Waals surface area contributed by atoms with E-state index < -0.39 is 0 Å². The third-order valence-electron chi connectivity index (χ3n) is 3.27. The van der Waals surface area contributed by atoms with Crippen LogP contribution in [0.15, 0.2) is 35.1 Å². The van der Waals surface area contributed by atoms with E-state index in [1.807, 2.05) is 24.3 Å². The van der Waals surface area contributed by atoms with Crippen LogP contribution >= 0.6 is 0 Å². The average molecular weight is 213 g/mol. The predicted molar refractivity (Wildman–Crippen MR) is 61.6 cm³/mol. The zero-order valence-electron chi connectivity index (χ0n) is 8.72. The molecule has 0 amide bonds. The molecule has 2 heterocycles. The first-order chi connectivity index (χ1) is 7.81. The zero-order chi connectivity index (χ0) is 11.1. The number of aryl methyl sites for hydroxylation is 1. The lowest BCUT2D eigenvalue weighted by Crippen LogP contribution is -2.25. The largest absolute Gasteiger partial charge is 0.308 e. The van der Waals surface area contributed by atoms with Crippen LogP contribution in [-0.4, -0.2) is 10.9 Å². The molecule has 3 rings (SSSR count). The van der Waals surface area contributed by atoms with Crippen LogP contribution in [0.1, 0.15) is 17.9 Å². The summed E-state index contributed by atoms with van der Waals surface area (Å²) < 4.78 is 1.77. The van der Waals surface area contributed by atoms with Gasteiger partial charge in [0, 0.05) is 18.5 Å². The fraction of sp³-hybridized carbons (Fsp3) is 0.231. The van der Waals surface area contributed by atoms with Crippen molar-refractivity contribution in [3.8, 4) is 0 Å². The van der Waals surface area contributed by atoms with Crippen molar-refractivity contribution in [3.05, 3.63) is 46.2 Å². The molecule has 1 aliphatic heterocycles. The van der Waals surface area contributed by atoms with Gasteiger partial charge in [-0.2, -0.15) is 0 Å². The standard InChI is InChI=1S/C13H11NO2/c15-8-10-6-7-14-12(16)5-4-9-2-1-3-11(10)13(9)14/h1-5,8,10H,6-7H2. The molecule has 0 spiro atoms. The minimum atomic E-state index is -0.0644. The number of benzene rings is 1. The number of nitrogens with zero attached hydrogens (tertiary/aromatic N) is 1. The van der Waals surface area contributed by atoms with E-state index in [9.17, 15) is 9.59 Å². The Morgan fingerprint density at radius 2 is 2.12 bits per heavy atom. The summed E-state index contributed by atoms with van der Waals surface area (Å²) in [5.41, 5.74) is 1.93. The second kappa shape index (κ2) is 3.30. The van der Waals surface area contributed by atoms with Gasteiger partial charge < -0.3 is 9.36 Å². The summed E-state index contributed by atoms with van der Waals surface area (Å²) in [6.07, 6.45) is 1.70. The Kier molecular flexibility index (Phi) is 1.93. The van der Waals surface area contributed by atoms with Gasteiger partial charge in [-0.25, -0.2) is 0 Å². The van der Waals surface area contributed by atoms with Crippen LogP contribution in [0, 0.1) is 0 Å². The fourth-order valence-electron chi connectivity index (χ4n) is 2.47. The van der Waals surface area contributed by atoms with Crippen molar-refractivity contribution in [1.82, 2.24) is 4.57 Å². The number of carbonyl (C=O) groups is 1. The van der Waals surface area contributed by atoms with Gasteiger partial charge in [-0.3, -0.25) is 4.79 Å². The smallest absolute Gasteiger partial charge is 0.251 e. The first-order valence-electron chi connectivity index (χ1n) is 5.39. The van der Waals surface area contributed by atoms with E-state index in [1.165, 1.54) is 0 Å². The number of rotatable bonds is 1. The second-order valence-electron chi connectivity index (χ2n) is 4.14. The van der Waals surface area contributed by atoms with Gasteiger partial charge in [0.2, 0.25) is 0 Å². The van der Waals surface area contributed by atoms with Gasteiger partial charge in [-0.1, -0.05) is 18.2 Å². The van der Waals surface area contributed by atoms with Crippen LogP contribution in [0.2, 0.25) is 0 Å². The maximum atomic E-state index is 11.7. The molecule has 0 aliphatic carbocycles. The maximum absolute atomic E-state index is 11.7. The molecule has 1 aromatic carbocycles. The molecule has 1 atom stereocenters. The molecule has 80 valence electrons. The lowest BCUT2D eigenvalue weighted by molar-refractivity contribution is -0.109. The number of aldehydes is 1. The summed E-state index contributed by atoms with van der Waals surface area (Å²) in [6.45, 7) is 0.636. The molecule has 0 radical (unpaired) electrons. The number of pyridine rings is 1. The van der Waals surface area contributed by atoms with Gasteiger partial charge in [0.25, 0.3) is 5.56 Å². The Hall–Kier alpha value is -1.90. The Balaban J connectivity index is 2.48. The van der Waals surface area contributed by atoms with E-state index in [0.717, 1.165) is 29.2 Å². The highest BCUT2D eigenvalue weighted by Gasteiger charge is 2.21. The summed E-state index contributed by atoms with van der Waals surface area (Å²) >= 11 is 0. The van der Waals surface area contributed by atoms with E-state index in [2.05, 4.69) is 0 Å². The van der Waals surface area contributed by atoms with Crippen LogP contribution in [0.5, 0.6) is 0 Å². The third-order valence-corrected chi connectivity index (χ3v) is 3.27. The molecule has 0 bridgehead atoms. The van der Waals surface area contributed by atoms with E-state index in [4.69, 9.17) is 0 Å². The molecule has 3 heteroatoms. The highest BCUT2D eigenvalue weighted by molar-refractivity contribution is 5.86. The highest BCUT2D eigenvalue weighted by Crippen LogP contribution is 2.30. The zero-order valence-corrected chi connectivity index (χ0v) is 8.72. The molecule has 1 unspecified atom stereocenters. The first-order valence-corrected chi connectivity index (χ1v) is 5.39. The Morgan fingerprint density at radius 3 is 2.94 bits per heavy atom. The van der Waals surface area contributed by atoms with Crippen molar-refractivity contribution in [3.63, 3.8) is 0 Å². The van der Waals surface area contributed by atoms with E-state index in [1.54, 1.807) is 10.6 Å². The van der Waals surface area contributed by atoms with Crippen LogP contribution < -0.4 is 5.56 Å². The predicted octanol–water partition coefficient (Wildman–Crippen LogP) is 1.69. The fourth-order valence-corrected chi connectivity index (χ4v) is 2.47. The van der Waals surface area contributed by atoms with E-state index in [-0.39, 0.29) is 11.5 Å². The summed E-state index contributed by atoms with van der Waals surface area (Å²) in [6, 6.07) is 9.27. The molecule has 16 heavy (non-hydrogen) atoms. The molecular weight excluding hydrogens is 202 g/mol. The van der Waals surface area contributed by atoms with Gasteiger partial charge in [-0.15, -0.1) is 0 Å². The normalized spacial score (nSPS) is 18.6. The molecular formula is C13H11NO2. The molecule has 2 aromatic rings. The average Bonchev–Trinajstić information content (AvgIpc) is 2.34. The summed E-state index contributed by atoms with van der Waals surface area (Å²) in [4.78, 5) is 22.7. The monoisotopic (exact) mass is 213 g/mol. The topological polar surface area (TPSA) is 39.1 Å². The highest BCUT2D eigenvalue weighted by atomic mass is 16.1. The van der Waals surface area contributed by atoms with Gasteiger partial charge in [0.1, 0.15) is 6.29 Å². The lowest BCUT2D eigenvalue weighted by Gasteiger charge is -2.23. The van der Waals surface area contributed by atoms with Crippen molar-refractivity contribution in [2.45, 2.75) is 18.9 Å². The van der Waals surface area contributed by atoms with Crippen molar-refractivity contribution in [1.29, 1.82) is 0 Å². The molecule has 3 nitrogen and oxygen atoms in total. The van der Waals surface area contributed by atoms with Gasteiger partial charge in [0.05, 0.1) is 5.52 Å². The lowest BCUT2D eigenvalue weighted by atomic mass is 9.91. The Bertz CT molecular complexity index is 627. The number of carbonyl (C=O) groups excluding carboxylic acids is 1. The van der Waals surface area contributed by atoms with Gasteiger partial charge in [-0.05, 0) is 23.4 Å². The van der Waals surface area contributed by atoms with Crippen molar-refractivity contribution < 1.29 is 4.79 Å². The van der Waals surface area contributed by atoms with Crippen LogP contribution in [-0.2, 0) is 11.3 Å². The van der Waals surface area contributed by atoms with Crippen molar-refractivity contribution in [2.75, 3.05) is 0 Å². The number of hydrogen-bond acceptors (Lipinski definition) is 2. The van der Waals surface area contributed by atoms with Crippen LogP contribution in [0.25, 0.3) is 10.9 Å². The molecule has 0 fully saturated rings. The molecule has 0 N–H and O–H groups in total. The summed E-state index contributed by atoms with van der Waals surface area (Å²) in [7, 11) is 0. The first kappa shape index (κ1) is 9.33. The Morgan fingerprint density at radius 1 is 1.25 bits per heavy atom. The third kappa shape index (κ3) is 1.14. The van der Waals surface area contributed by atoms with Crippen molar-refractivity contribution >= 4 is 17.2 Å². The molecule has 1 aromatic heterocycles. The van der Waals surface area contributed by atoms with Gasteiger partial charge in [0.15, 0.2) is 0 Å². The maximum Gasteiger partial charge on any atom is 0.251 e. The minimum absolute atomic E-state index is 0.0179. The van der Waals surface area contributed by atoms with Gasteiger partial charge >= 0.3 is 0 Å². The Labute approximate surface area is 92.3 Å². The van der Waals surface area contributed by atoms with Crippen LogP contribution in [0.4, 0.5) is 0 Å². The number of aromatic nitrogens is 1. The summed E-state index contributed by atoms with van der Waals surface area (Å²) in [5, 5.41) is 1.03. The van der Waals surface area contributed by atoms with E-state index >= 15 is 0 Å². The SMILES string of the molecule is O=CC1CCn2c(=O)ccc3cccc1c32. The van der Waals surface area contributed by atoms with Crippen LogP contribution in [0.3, 0.4) is 0 Å². The molecule has 0 saturated heterocycles. The van der Waals surface area contributed by atoms with Crippen molar-refractivity contribution in [2.24, 2.45) is 0 Å². The number of para-hydroxylation sites is 1. The quantitative estimate of drug-likeness (QED) is 0.676.